The molecule has 18 heavy (non-hydrogen) atoms. The summed E-state index contributed by atoms with van der Waals surface area (Å²) in [4.78, 5) is 4.55. The van der Waals surface area contributed by atoms with E-state index in [1.807, 2.05) is 0 Å². The molecule has 0 bridgehead atoms. The summed E-state index contributed by atoms with van der Waals surface area (Å²) >= 11 is 0. The van der Waals surface area contributed by atoms with Gasteiger partial charge in [-0.25, -0.2) is 0 Å². The van der Waals surface area contributed by atoms with Gasteiger partial charge in [-0.1, -0.05) is 29.4 Å². The largest absolute Gasteiger partial charge is 0.339 e. The van der Waals surface area contributed by atoms with Gasteiger partial charge in [0.15, 0.2) is 5.82 Å². The summed E-state index contributed by atoms with van der Waals surface area (Å²) in [7, 11) is 0. The van der Waals surface area contributed by atoms with Gasteiger partial charge in [-0.05, 0) is 36.6 Å². The summed E-state index contributed by atoms with van der Waals surface area (Å²) in [5, 5.41) is 7.40. The van der Waals surface area contributed by atoms with E-state index in [4.69, 9.17) is 4.52 Å². The second-order valence-electron chi connectivity index (χ2n) is 5.23. The fourth-order valence-electron chi connectivity index (χ4n) is 2.72. The smallest absolute Gasteiger partial charge is 0.227 e. The van der Waals surface area contributed by atoms with Gasteiger partial charge in [0.25, 0.3) is 0 Å². The molecule has 1 aromatic carbocycles. The minimum Gasteiger partial charge on any atom is -0.339 e. The van der Waals surface area contributed by atoms with Crippen LogP contribution in [0.15, 0.2) is 28.8 Å². The molecule has 2 aliphatic rings. The van der Waals surface area contributed by atoms with Crippen molar-refractivity contribution >= 4 is 0 Å². The van der Waals surface area contributed by atoms with E-state index in [0.29, 0.717) is 11.8 Å². The second-order valence-corrected chi connectivity index (χ2v) is 5.23. The van der Waals surface area contributed by atoms with Crippen molar-refractivity contribution in [2.75, 3.05) is 13.1 Å². The first-order valence-corrected chi connectivity index (χ1v) is 6.51. The Balaban J connectivity index is 1.53. The lowest BCUT2D eigenvalue weighted by Crippen LogP contribution is -2.43. The summed E-state index contributed by atoms with van der Waals surface area (Å²) in [6.07, 6.45) is 1.95. The van der Waals surface area contributed by atoms with E-state index in [2.05, 4.69) is 39.7 Å². The summed E-state index contributed by atoms with van der Waals surface area (Å²) in [6, 6.07) is 8.49. The van der Waals surface area contributed by atoms with Crippen LogP contribution >= 0.6 is 0 Å². The molecule has 1 fully saturated rings. The maximum absolute atomic E-state index is 5.35. The predicted octanol–water partition coefficient (Wildman–Crippen LogP) is 1.52. The molecule has 1 saturated heterocycles. The lowest BCUT2D eigenvalue weighted by molar-refractivity contribution is 0.294. The zero-order valence-electron chi connectivity index (χ0n) is 10.1. The quantitative estimate of drug-likeness (QED) is 0.885. The molecule has 0 radical (unpaired) electrons. The molecule has 1 atom stereocenters. The zero-order valence-corrected chi connectivity index (χ0v) is 10.1. The van der Waals surface area contributed by atoms with Crippen LogP contribution < -0.4 is 5.32 Å². The van der Waals surface area contributed by atoms with Crippen molar-refractivity contribution in [3.8, 4) is 0 Å². The molecule has 2 heterocycles. The molecule has 4 heteroatoms. The lowest BCUT2D eigenvalue weighted by atomic mass is 9.77. The molecule has 0 spiro atoms. The second kappa shape index (κ2) is 3.92. The van der Waals surface area contributed by atoms with Crippen LogP contribution in [0.3, 0.4) is 0 Å². The van der Waals surface area contributed by atoms with E-state index in [1.54, 1.807) is 0 Å². The van der Waals surface area contributed by atoms with Crippen molar-refractivity contribution in [1.82, 2.24) is 15.5 Å². The topological polar surface area (TPSA) is 51.0 Å². The fourth-order valence-corrected chi connectivity index (χ4v) is 2.72. The van der Waals surface area contributed by atoms with Crippen molar-refractivity contribution in [1.29, 1.82) is 0 Å². The Morgan fingerprint density at radius 2 is 2.17 bits per heavy atom. The van der Waals surface area contributed by atoms with E-state index >= 15 is 0 Å². The van der Waals surface area contributed by atoms with Crippen LogP contribution in [0.4, 0.5) is 0 Å². The van der Waals surface area contributed by atoms with Crippen LogP contribution in [0.1, 0.15) is 28.8 Å². The summed E-state index contributed by atoms with van der Waals surface area (Å²) in [5.74, 6) is 2.67. The standard InChI is InChI=1S/C14H15N3O/c1-2-4-11-10(3-1)6-12(11)14-16-13(18-17-14)5-9-7-15-8-9/h1-4,9,12,15H,5-8H2. The number of rotatable bonds is 3. The van der Waals surface area contributed by atoms with Crippen LogP contribution in [-0.4, -0.2) is 23.2 Å². The molecule has 0 saturated carbocycles. The molecule has 4 rings (SSSR count). The third-order valence-corrected chi connectivity index (χ3v) is 3.98. The highest BCUT2D eigenvalue weighted by atomic mass is 16.5. The van der Waals surface area contributed by atoms with E-state index in [1.165, 1.54) is 11.1 Å². The number of nitrogens with zero attached hydrogens (tertiary/aromatic N) is 2. The molecular weight excluding hydrogens is 226 g/mol. The normalized spacial score (nSPS) is 22.1. The van der Waals surface area contributed by atoms with Crippen LogP contribution in [0.5, 0.6) is 0 Å². The van der Waals surface area contributed by atoms with Gasteiger partial charge in [-0.15, -0.1) is 0 Å². The molecule has 4 nitrogen and oxygen atoms in total. The van der Waals surface area contributed by atoms with Crippen LogP contribution in [0.25, 0.3) is 0 Å². The SMILES string of the molecule is c1ccc2c(c1)CC2c1noc(CC2CNC2)n1. The Morgan fingerprint density at radius 1 is 1.28 bits per heavy atom. The van der Waals surface area contributed by atoms with Crippen molar-refractivity contribution in [2.45, 2.75) is 18.8 Å². The van der Waals surface area contributed by atoms with Gasteiger partial charge in [0.05, 0.1) is 5.92 Å². The first kappa shape index (κ1) is 10.3. The number of hydrogen-bond acceptors (Lipinski definition) is 4. The van der Waals surface area contributed by atoms with Gasteiger partial charge in [0.2, 0.25) is 5.89 Å². The number of aromatic nitrogens is 2. The van der Waals surface area contributed by atoms with Gasteiger partial charge in [-0.3, -0.25) is 0 Å². The zero-order chi connectivity index (χ0) is 11.9. The molecular formula is C14H15N3O. The Labute approximate surface area is 105 Å². The van der Waals surface area contributed by atoms with Crippen molar-refractivity contribution in [3.05, 3.63) is 47.1 Å². The van der Waals surface area contributed by atoms with Crippen molar-refractivity contribution in [2.24, 2.45) is 5.92 Å². The van der Waals surface area contributed by atoms with E-state index < -0.39 is 0 Å². The lowest BCUT2D eigenvalue weighted by Gasteiger charge is -2.27. The number of nitrogens with one attached hydrogen (secondary N) is 1. The van der Waals surface area contributed by atoms with E-state index in [-0.39, 0.29) is 0 Å². The Hall–Kier alpha value is -1.68. The molecule has 0 amide bonds. The molecule has 92 valence electrons. The molecule has 1 unspecified atom stereocenters. The van der Waals surface area contributed by atoms with Crippen LogP contribution in [0, 0.1) is 5.92 Å². The van der Waals surface area contributed by atoms with Gasteiger partial charge in [-0.2, -0.15) is 4.98 Å². The third kappa shape index (κ3) is 1.56. The van der Waals surface area contributed by atoms with Gasteiger partial charge < -0.3 is 9.84 Å². The van der Waals surface area contributed by atoms with Gasteiger partial charge in [0.1, 0.15) is 0 Å². The van der Waals surface area contributed by atoms with E-state index in [9.17, 15) is 0 Å². The molecule has 1 aliphatic heterocycles. The Morgan fingerprint density at radius 3 is 2.94 bits per heavy atom. The highest BCUT2D eigenvalue weighted by molar-refractivity contribution is 5.43. The summed E-state index contributed by atoms with van der Waals surface area (Å²) < 4.78 is 5.35. The minimum atomic E-state index is 0.346. The number of benzene rings is 1. The summed E-state index contributed by atoms with van der Waals surface area (Å²) in [6.45, 7) is 2.15. The van der Waals surface area contributed by atoms with Crippen molar-refractivity contribution in [3.63, 3.8) is 0 Å². The maximum Gasteiger partial charge on any atom is 0.227 e. The maximum atomic E-state index is 5.35. The molecule has 2 aromatic rings. The molecule has 1 N–H and O–H groups in total. The molecule has 1 aliphatic carbocycles. The monoisotopic (exact) mass is 241 g/mol. The number of fused-ring (bicyclic) bond motifs is 1. The van der Waals surface area contributed by atoms with Crippen molar-refractivity contribution < 1.29 is 4.52 Å². The van der Waals surface area contributed by atoms with Crippen LogP contribution in [0.2, 0.25) is 0 Å². The average molecular weight is 241 g/mol. The Bertz CT molecular complexity index is 574. The first-order chi connectivity index (χ1) is 8.90. The highest BCUT2D eigenvalue weighted by Gasteiger charge is 2.31. The summed E-state index contributed by atoms with van der Waals surface area (Å²) in [5.41, 5.74) is 2.77. The minimum absolute atomic E-state index is 0.346. The van der Waals surface area contributed by atoms with Gasteiger partial charge in [0, 0.05) is 6.42 Å². The first-order valence-electron chi connectivity index (χ1n) is 6.51. The fraction of sp³-hybridized carbons (Fsp3) is 0.429. The van der Waals surface area contributed by atoms with E-state index in [0.717, 1.165) is 37.6 Å². The van der Waals surface area contributed by atoms with Crippen LogP contribution in [-0.2, 0) is 12.8 Å². The third-order valence-electron chi connectivity index (χ3n) is 3.98. The average Bonchev–Trinajstić information content (AvgIpc) is 2.74. The predicted molar refractivity (Wildman–Crippen MR) is 66.4 cm³/mol. The Kier molecular flexibility index (Phi) is 2.23. The molecule has 1 aromatic heterocycles. The number of hydrogen-bond donors (Lipinski definition) is 1. The van der Waals surface area contributed by atoms with Gasteiger partial charge >= 0.3 is 0 Å². The highest BCUT2D eigenvalue weighted by Crippen LogP contribution is 2.38.